The van der Waals surface area contributed by atoms with Crippen LogP contribution in [0, 0.1) is 23.2 Å². The van der Waals surface area contributed by atoms with Crippen LogP contribution in [0.15, 0.2) is 34.8 Å². The molecule has 1 aromatic carbocycles. The van der Waals surface area contributed by atoms with Crippen molar-refractivity contribution < 1.29 is 19.0 Å². The van der Waals surface area contributed by atoms with Gasteiger partial charge in [0.2, 0.25) is 5.88 Å². The lowest BCUT2D eigenvalue weighted by Crippen LogP contribution is -2.28. The van der Waals surface area contributed by atoms with Crippen molar-refractivity contribution in [1.82, 2.24) is 9.78 Å². The molecule has 0 atom stereocenters. The third-order valence-electron chi connectivity index (χ3n) is 5.56. The largest absolute Gasteiger partial charge is 0.462 e. The van der Waals surface area contributed by atoms with Gasteiger partial charge < -0.3 is 14.2 Å². The molecule has 1 aliphatic rings. The Bertz CT molecular complexity index is 955. The van der Waals surface area contributed by atoms with Crippen LogP contribution in [0.3, 0.4) is 0 Å². The Hall–Kier alpha value is -2.37. The molecule has 0 saturated heterocycles. The molecule has 1 aliphatic carbocycles. The SMILES string of the molecule is CC(C)(C)OC(=O)COC[C@H]1CC[C@H](Cn2nc(-c3ccccc3)c(Br)c2OCC#N)CC1. The maximum Gasteiger partial charge on any atom is 0.332 e. The molecule has 178 valence electrons. The van der Waals surface area contributed by atoms with Gasteiger partial charge in [0.1, 0.15) is 28.4 Å². The smallest absolute Gasteiger partial charge is 0.332 e. The van der Waals surface area contributed by atoms with Gasteiger partial charge >= 0.3 is 5.97 Å². The summed E-state index contributed by atoms with van der Waals surface area (Å²) in [5.41, 5.74) is 1.32. The van der Waals surface area contributed by atoms with E-state index in [1.165, 1.54) is 0 Å². The van der Waals surface area contributed by atoms with Crippen LogP contribution in [0.2, 0.25) is 0 Å². The number of halogens is 1. The normalized spacial score (nSPS) is 18.5. The number of ether oxygens (including phenoxy) is 3. The van der Waals surface area contributed by atoms with Gasteiger partial charge in [0.15, 0.2) is 6.61 Å². The summed E-state index contributed by atoms with van der Waals surface area (Å²) in [5, 5.41) is 13.8. The first-order valence-corrected chi connectivity index (χ1v) is 12.2. The van der Waals surface area contributed by atoms with Gasteiger partial charge in [0.25, 0.3) is 0 Å². The topological polar surface area (TPSA) is 86.4 Å². The lowest BCUT2D eigenvalue weighted by Gasteiger charge is -2.28. The van der Waals surface area contributed by atoms with E-state index in [1.807, 2.05) is 61.9 Å². The first kappa shape index (κ1) is 25.3. The molecule has 1 saturated carbocycles. The number of carbonyl (C=O) groups excluding carboxylic acids is 1. The van der Waals surface area contributed by atoms with Crippen LogP contribution in [0.1, 0.15) is 46.5 Å². The van der Waals surface area contributed by atoms with Crippen molar-refractivity contribution in [1.29, 1.82) is 5.26 Å². The van der Waals surface area contributed by atoms with Crippen LogP contribution < -0.4 is 4.74 Å². The zero-order valence-corrected chi connectivity index (χ0v) is 21.1. The molecule has 0 N–H and O–H groups in total. The fraction of sp³-hybridized carbons (Fsp3) is 0.560. The average Bonchev–Trinajstić information content (AvgIpc) is 3.08. The summed E-state index contributed by atoms with van der Waals surface area (Å²) in [6, 6.07) is 12.0. The molecular weight excluding hydrogens is 486 g/mol. The number of nitriles is 1. The zero-order valence-electron chi connectivity index (χ0n) is 19.6. The Morgan fingerprint density at radius 3 is 2.48 bits per heavy atom. The third kappa shape index (κ3) is 7.58. The van der Waals surface area contributed by atoms with E-state index in [2.05, 4.69) is 15.9 Å². The van der Waals surface area contributed by atoms with E-state index in [1.54, 1.807) is 0 Å². The summed E-state index contributed by atoms with van der Waals surface area (Å²) >= 11 is 3.63. The van der Waals surface area contributed by atoms with Gasteiger partial charge in [-0.3, -0.25) is 0 Å². The molecule has 0 aliphatic heterocycles. The van der Waals surface area contributed by atoms with E-state index in [4.69, 9.17) is 24.6 Å². The Kier molecular flexibility index (Phi) is 8.93. The number of hydrogen-bond donors (Lipinski definition) is 0. The summed E-state index contributed by atoms with van der Waals surface area (Å²) in [6.45, 7) is 6.84. The zero-order chi connectivity index (χ0) is 23.8. The number of carbonyl (C=O) groups is 1. The highest BCUT2D eigenvalue weighted by Crippen LogP contribution is 2.37. The Labute approximate surface area is 204 Å². The maximum absolute atomic E-state index is 11.8. The predicted molar refractivity (Wildman–Crippen MR) is 129 cm³/mol. The number of esters is 1. The van der Waals surface area contributed by atoms with E-state index < -0.39 is 5.60 Å². The number of nitrogens with zero attached hydrogens (tertiary/aromatic N) is 3. The molecule has 0 radical (unpaired) electrons. The van der Waals surface area contributed by atoms with E-state index in [0.717, 1.165) is 48.0 Å². The molecule has 7 nitrogen and oxygen atoms in total. The highest BCUT2D eigenvalue weighted by atomic mass is 79.9. The molecule has 0 bridgehead atoms. The van der Waals surface area contributed by atoms with Gasteiger partial charge in [-0.15, -0.1) is 0 Å². The quantitative estimate of drug-likeness (QED) is 0.415. The van der Waals surface area contributed by atoms with Crippen LogP contribution in [0.4, 0.5) is 0 Å². The fourth-order valence-electron chi connectivity index (χ4n) is 4.07. The van der Waals surface area contributed by atoms with Crippen molar-refractivity contribution in [2.75, 3.05) is 19.8 Å². The molecule has 8 heteroatoms. The molecule has 1 fully saturated rings. The van der Waals surface area contributed by atoms with Crippen molar-refractivity contribution in [3.05, 3.63) is 34.8 Å². The van der Waals surface area contributed by atoms with Crippen LogP contribution in [0.5, 0.6) is 5.88 Å². The second-order valence-electron chi connectivity index (χ2n) is 9.45. The van der Waals surface area contributed by atoms with Gasteiger partial charge in [0, 0.05) is 12.1 Å². The first-order chi connectivity index (χ1) is 15.8. The summed E-state index contributed by atoms with van der Waals surface area (Å²) in [4.78, 5) is 11.8. The molecule has 1 heterocycles. The number of benzene rings is 1. The highest BCUT2D eigenvalue weighted by Gasteiger charge is 2.26. The molecule has 0 amide bonds. The van der Waals surface area contributed by atoms with E-state index in [0.29, 0.717) is 24.3 Å². The minimum Gasteiger partial charge on any atom is -0.462 e. The summed E-state index contributed by atoms with van der Waals surface area (Å²) in [6.07, 6.45) is 4.19. The third-order valence-corrected chi connectivity index (χ3v) is 6.28. The van der Waals surface area contributed by atoms with Gasteiger partial charge in [-0.25, -0.2) is 9.48 Å². The number of hydrogen-bond acceptors (Lipinski definition) is 6. The van der Waals surface area contributed by atoms with Crippen LogP contribution in [-0.2, 0) is 20.8 Å². The van der Waals surface area contributed by atoms with Crippen LogP contribution >= 0.6 is 15.9 Å². The van der Waals surface area contributed by atoms with E-state index >= 15 is 0 Å². The second-order valence-corrected chi connectivity index (χ2v) is 10.2. The highest BCUT2D eigenvalue weighted by molar-refractivity contribution is 9.10. The van der Waals surface area contributed by atoms with Crippen molar-refractivity contribution in [2.24, 2.45) is 11.8 Å². The fourth-order valence-corrected chi connectivity index (χ4v) is 4.70. The Morgan fingerprint density at radius 1 is 1.18 bits per heavy atom. The lowest BCUT2D eigenvalue weighted by molar-refractivity contribution is -0.160. The predicted octanol–water partition coefficient (Wildman–Crippen LogP) is 5.38. The van der Waals surface area contributed by atoms with Crippen LogP contribution in [0.25, 0.3) is 11.3 Å². The molecule has 0 spiro atoms. The minimum atomic E-state index is -0.490. The van der Waals surface area contributed by atoms with Crippen molar-refractivity contribution >= 4 is 21.9 Å². The van der Waals surface area contributed by atoms with E-state index in [9.17, 15) is 4.79 Å². The van der Waals surface area contributed by atoms with Gasteiger partial charge in [0.05, 0.1) is 6.61 Å². The molecule has 0 unspecified atom stereocenters. The van der Waals surface area contributed by atoms with Crippen molar-refractivity contribution in [3.63, 3.8) is 0 Å². The number of aromatic nitrogens is 2. The Morgan fingerprint density at radius 2 is 1.85 bits per heavy atom. The standard InChI is InChI=1S/C25H32BrN3O4/c1-25(2,3)33-21(30)17-31-16-19-11-9-18(10-12-19)15-29-24(32-14-13-27)22(26)23(28-29)20-7-5-4-6-8-20/h4-8,18-19H,9-12,14-17H2,1-3H3/t18-,19-. The monoisotopic (exact) mass is 517 g/mol. The van der Waals surface area contributed by atoms with Crippen molar-refractivity contribution in [3.8, 4) is 23.2 Å². The summed E-state index contributed by atoms with van der Waals surface area (Å²) < 4.78 is 19.3. The Balaban J connectivity index is 1.54. The minimum absolute atomic E-state index is 0.000364. The van der Waals surface area contributed by atoms with Gasteiger partial charge in [-0.2, -0.15) is 10.4 Å². The molecular formula is C25H32BrN3O4. The van der Waals surface area contributed by atoms with Crippen molar-refractivity contribution in [2.45, 2.75) is 58.6 Å². The molecule has 1 aromatic heterocycles. The lowest BCUT2D eigenvalue weighted by atomic mass is 9.82. The molecule has 3 rings (SSSR count). The first-order valence-electron chi connectivity index (χ1n) is 11.4. The second kappa shape index (κ2) is 11.7. The summed E-state index contributed by atoms with van der Waals surface area (Å²) in [7, 11) is 0. The molecule has 33 heavy (non-hydrogen) atoms. The van der Waals surface area contributed by atoms with Gasteiger partial charge in [-0.1, -0.05) is 30.3 Å². The summed E-state index contributed by atoms with van der Waals surface area (Å²) in [5.74, 6) is 1.19. The average molecular weight is 518 g/mol. The van der Waals surface area contributed by atoms with E-state index in [-0.39, 0.29) is 19.2 Å². The van der Waals surface area contributed by atoms with Gasteiger partial charge in [-0.05, 0) is 74.2 Å². The van der Waals surface area contributed by atoms with Crippen LogP contribution in [-0.4, -0.2) is 41.2 Å². The number of rotatable bonds is 9. The maximum atomic E-state index is 11.8. The molecule has 2 aromatic rings.